The molecule has 1 aliphatic carbocycles. The number of nitrogens with zero attached hydrogens (tertiary/aromatic N) is 1. The molecule has 0 aromatic heterocycles. The molecule has 0 atom stereocenters. The van der Waals surface area contributed by atoms with E-state index in [1.165, 1.54) is 0 Å². The van der Waals surface area contributed by atoms with Crippen molar-refractivity contribution in [3.05, 3.63) is 0 Å². The third kappa shape index (κ3) is 2.44. The smallest absolute Gasteiger partial charge is 0.306 e. The average Bonchev–Trinajstić information content (AvgIpc) is 2.73. The number of amides is 1. The molecule has 2 rings (SSSR count). The van der Waals surface area contributed by atoms with Gasteiger partial charge in [-0.2, -0.15) is 0 Å². The number of likely N-dealkylation sites (tertiary alicyclic amines) is 1. The third-order valence-corrected chi connectivity index (χ3v) is 4.36. The van der Waals surface area contributed by atoms with Crippen LogP contribution in [0.15, 0.2) is 0 Å². The third-order valence-electron chi connectivity index (χ3n) is 4.36. The highest BCUT2D eigenvalue weighted by molar-refractivity contribution is 5.78. The van der Waals surface area contributed by atoms with Gasteiger partial charge in [0.05, 0.1) is 12.5 Å². The Bertz CT molecular complexity index is 322. The molecule has 0 radical (unpaired) electrons. The molecule has 17 heavy (non-hydrogen) atoms. The van der Waals surface area contributed by atoms with Crippen LogP contribution in [0.3, 0.4) is 0 Å². The maximum absolute atomic E-state index is 11.5. The summed E-state index contributed by atoms with van der Waals surface area (Å²) < 4.78 is 0. The number of carbonyl (C=O) groups is 2. The molecule has 2 aliphatic rings. The normalized spacial score (nSPS) is 33.0. The van der Waals surface area contributed by atoms with E-state index < -0.39 is 5.97 Å². The summed E-state index contributed by atoms with van der Waals surface area (Å²) in [6, 6.07) is 0. The Morgan fingerprint density at radius 1 is 1.29 bits per heavy atom. The lowest BCUT2D eigenvalue weighted by Crippen LogP contribution is -2.38. The Hall–Kier alpha value is -1.10. The molecular formula is C12H20N2O3. The Labute approximate surface area is 101 Å². The summed E-state index contributed by atoms with van der Waals surface area (Å²) in [6.07, 6.45) is 4.36. The number of carboxylic acid groups (broad SMARTS) is 1. The van der Waals surface area contributed by atoms with Gasteiger partial charge in [0, 0.05) is 13.1 Å². The van der Waals surface area contributed by atoms with E-state index in [0.717, 1.165) is 45.2 Å². The SMILES string of the molecule is NCC(=O)N1CCC2(CCC(C(=O)O)CC2)C1. The van der Waals surface area contributed by atoms with Crippen molar-refractivity contribution >= 4 is 11.9 Å². The number of hydrogen-bond donors (Lipinski definition) is 2. The minimum Gasteiger partial charge on any atom is -0.481 e. The zero-order valence-electron chi connectivity index (χ0n) is 10.0. The molecular weight excluding hydrogens is 220 g/mol. The van der Waals surface area contributed by atoms with E-state index in [2.05, 4.69) is 0 Å². The van der Waals surface area contributed by atoms with Crippen molar-refractivity contribution in [2.45, 2.75) is 32.1 Å². The van der Waals surface area contributed by atoms with Gasteiger partial charge in [-0.3, -0.25) is 9.59 Å². The van der Waals surface area contributed by atoms with Crippen LogP contribution < -0.4 is 5.73 Å². The molecule has 1 amide bonds. The van der Waals surface area contributed by atoms with Gasteiger partial charge in [0.25, 0.3) is 0 Å². The molecule has 1 saturated heterocycles. The van der Waals surface area contributed by atoms with Crippen molar-refractivity contribution in [1.29, 1.82) is 0 Å². The van der Waals surface area contributed by atoms with Crippen LogP contribution in [0, 0.1) is 11.3 Å². The highest BCUT2D eigenvalue weighted by Gasteiger charge is 2.43. The Kier molecular flexibility index (Phi) is 3.38. The monoisotopic (exact) mass is 240 g/mol. The molecule has 96 valence electrons. The van der Waals surface area contributed by atoms with Gasteiger partial charge in [-0.15, -0.1) is 0 Å². The van der Waals surface area contributed by atoms with E-state index in [1.54, 1.807) is 0 Å². The lowest BCUT2D eigenvalue weighted by molar-refractivity contribution is -0.143. The number of aliphatic carboxylic acids is 1. The molecule has 5 heteroatoms. The van der Waals surface area contributed by atoms with Crippen molar-refractivity contribution in [3.8, 4) is 0 Å². The van der Waals surface area contributed by atoms with E-state index in [1.807, 2.05) is 4.90 Å². The maximum Gasteiger partial charge on any atom is 0.306 e. The quantitative estimate of drug-likeness (QED) is 0.733. The topological polar surface area (TPSA) is 83.6 Å². The fourth-order valence-electron chi connectivity index (χ4n) is 3.16. The second-order valence-corrected chi connectivity index (χ2v) is 5.38. The second kappa shape index (κ2) is 4.64. The number of nitrogens with two attached hydrogens (primary N) is 1. The number of carbonyl (C=O) groups excluding carboxylic acids is 1. The molecule has 0 bridgehead atoms. The van der Waals surface area contributed by atoms with E-state index in [-0.39, 0.29) is 23.8 Å². The molecule has 1 saturated carbocycles. The molecule has 3 N–H and O–H groups in total. The van der Waals surface area contributed by atoms with Gasteiger partial charge >= 0.3 is 5.97 Å². The molecule has 1 aliphatic heterocycles. The van der Waals surface area contributed by atoms with Crippen LogP contribution in [0.1, 0.15) is 32.1 Å². The van der Waals surface area contributed by atoms with Crippen LogP contribution in [-0.4, -0.2) is 41.5 Å². The lowest BCUT2D eigenvalue weighted by atomic mass is 9.70. The van der Waals surface area contributed by atoms with E-state index in [9.17, 15) is 9.59 Å². The lowest BCUT2D eigenvalue weighted by Gasteiger charge is -2.35. The van der Waals surface area contributed by atoms with Crippen molar-refractivity contribution in [2.24, 2.45) is 17.1 Å². The van der Waals surface area contributed by atoms with Gasteiger partial charge in [0.2, 0.25) is 5.91 Å². The van der Waals surface area contributed by atoms with Crippen LogP contribution in [0.25, 0.3) is 0 Å². The average molecular weight is 240 g/mol. The summed E-state index contributed by atoms with van der Waals surface area (Å²) in [5.74, 6) is -0.838. The summed E-state index contributed by atoms with van der Waals surface area (Å²) in [6.45, 7) is 1.64. The van der Waals surface area contributed by atoms with Gasteiger partial charge in [-0.1, -0.05) is 0 Å². The Balaban J connectivity index is 1.92. The highest BCUT2D eigenvalue weighted by atomic mass is 16.4. The Morgan fingerprint density at radius 3 is 2.47 bits per heavy atom. The van der Waals surface area contributed by atoms with Crippen molar-refractivity contribution in [1.82, 2.24) is 4.90 Å². The zero-order chi connectivity index (χ0) is 12.5. The summed E-state index contributed by atoms with van der Waals surface area (Å²) in [5, 5.41) is 8.97. The van der Waals surface area contributed by atoms with E-state index in [0.29, 0.717) is 0 Å². The second-order valence-electron chi connectivity index (χ2n) is 5.38. The first kappa shape index (κ1) is 12.4. The van der Waals surface area contributed by atoms with E-state index >= 15 is 0 Å². The van der Waals surface area contributed by atoms with Crippen LogP contribution >= 0.6 is 0 Å². The molecule has 0 aromatic carbocycles. The molecule has 5 nitrogen and oxygen atoms in total. The summed E-state index contributed by atoms with van der Waals surface area (Å²) in [5.41, 5.74) is 5.54. The van der Waals surface area contributed by atoms with Crippen LogP contribution in [0.2, 0.25) is 0 Å². The standard InChI is InChI=1S/C12H20N2O3/c13-7-10(15)14-6-5-12(8-14)3-1-9(2-4-12)11(16)17/h9H,1-8,13H2,(H,16,17). The summed E-state index contributed by atoms with van der Waals surface area (Å²) in [7, 11) is 0. The number of carboxylic acids is 1. The van der Waals surface area contributed by atoms with Gasteiger partial charge in [0.1, 0.15) is 0 Å². The first-order valence-corrected chi connectivity index (χ1v) is 6.27. The predicted octanol–water partition coefficient (Wildman–Crippen LogP) is 0.439. The molecule has 1 spiro atoms. The zero-order valence-corrected chi connectivity index (χ0v) is 10.0. The first-order valence-electron chi connectivity index (χ1n) is 6.27. The van der Waals surface area contributed by atoms with Gasteiger partial charge in [-0.25, -0.2) is 0 Å². The van der Waals surface area contributed by atoms with Crippen LogP contribution in [0.5, 0.6) is 0 Å². The Morgan fingerprint density at radius 2 is 1.94 bits per heavy atom. The maximum atomic E-state index is 11.5. The highest BCUT2D eigenvalue weighted by Crippen LogP contribution is 2.45. The van der Waals surface area contributed by atoms with Gasteiger partial charge in [0.15, 0.2) is 0 Å². The number of rotatable bonds is 2. The minimum atomic E-state index is -0.673. The van der Waals surface area contributed by atoms with Crippen molar-refractivity contribution in [3.63, 3.8) is 0 Å². The van der Waals surface area contributed by atoms with Crippen LogP contribution in [0.4, 0.5) is 0 Å². The van der Waals surface area contributed by atoms with E-state index in [4.69, 9.17) is 10.8 Å². The molecule has 0 aromatic rings. The molecule has 1 heterocycles. The predicted molar refractivity (Wildman–Crippen MR) is 62.3 cm³/mol. The fraction of sp³-hybridized carbons (Fsp3) is 0.833. The molecule has 0 unspecified atom stereocenters. The minimum absolute atomic E-state index is 0.0160. The van der Waals surface area contributed by atoms with Crippen LogP contribution in [-0.2, 0) is 9.59 Å². The van der Waals surface area contributed by atoms with Crippen molar-refractivity contribution in [2.75, 3.05) is 19.6 Å². The first-order chi connectivity index (χ1) is 8.06. The van der Waals surface area contributed by atoms with Gasteiger partial charge < -0.3 is 15.7 Å². The largest absolute Gasteiger partial charge is 0.481 e. The number of hydrogen-bond acceptors (Lipinski definition) is 3. The fourth-order valence-corrected chi connectivity index (χ4v) is 3.16. The van der Waals surface area contributed by atoms with Crippen molar-refractivity contribution < 1.29 is 14.7 Å². The molecule has 2 fully saturated rings. The summed E-state index contributed by atoms with van der Waals surface area (Å²) in [4.78, 5) is 24.2. The summed E-state index contributed by atoms with van der Waals surface area (Å²) >= 11 is 0. The van der Waals surface area contributed by atoms with Gasteiger partial charge in [-0.05, 0) is 37.5 Å².